The van der Waals surface area contributed by atoms with Crippen LogP contribution in [-0.2, 0) is 18.8 Å². The number of fused-ring (bicyclic) bond motifs is 1. The van der Waals surface area contributed by atoms with Crippen LogP contribution >= 0.6 is 11.6 Å². The highest BCUT2D eigenvalue weighted by molar-refractivity contribution is 6.17. The summed E-state index contributed by atoms with van der Waals surface area (Å²) in [6.45, 7) is 1.73. The summed E-state index contributed by atoms with van der Waals surface area (Å²) in [6.07, 6.45) is 1.24. The second kappa shape index (κ2) is 6.29. The molecule has 3 heteroatoms. The topological polar surface area (TPSA) is 21.3 Å². The van der Waals surface area contributed by atoms with Crippen LogP contribution in [-0.4, -0.2) is 12.6 Å². The lowest BCUT2D eigenvalue weighted by Crippen LogP contribution is -2.29. The Balaban J connectivity index is 1.47. The molecule has 1 unspecified atom stereocenters. The average Bonchev–Trinajstić information content (AvgIpc) is 2.90. The monoisotopic (exact) mass is 287 g/mol. The van der Waals surface area contributed by atoms with Gasteiger partial charge in [0.15, 0.2) is 0 Å². The van der Waals surface area contributed by atoms with Gasteiger partial charge in [0.05, 0.1) is 0 Å². The minimum absolute atomic E-state index is 0.245. The first-order chi connectivity index (χ1) is 9.85. The third kappa shape index (κ3) is 3.14. The average molecular weight is 288 g/mol. The van der Waals surface area contributed by atoms with Crippen LogP contribution in [0.25, 0.3) is 0 Å². The first kappa shape index (κ1) is 13.5. The van der Waals surface area contributed by atoms with Crippen molar-refractivity contribution in [3.05, 3.63) is 65.2 Å². The highest BCUT2D eigenvalue weighted by Crippen LogP contribution is 2.27. The highest BCUT2D eigenvalue weighted by Gasteiger charge is 2.21. The van der Waals surface area contributed by atoms with Crippen LogP contribution in [0.2, 0.25) is 0 Å². The van der Waals surface area contributed by atoms with Gasteiger partial charge in [0.1, 0.15) is 11.9 Å². The van der Waals surface area contributed by atoms with Crippen LogP contribution in [0.1, 0.15) is 16.7 Å². The fourth-order valence-corrected chi connectivity index (χ4v) is 2.67. The Morgan fingerprint density at radius 1 is 1.05 bits per heavy atom. The van der Waals surface area contributed by atoms with Crippen molar-refractivity contribution >= 4 is 11.6 Å². The number of rotatable bonds is 5. The minimum atomic E-state index is 0.245. The van der Waals surface area contributed by atoms with Crippen molar-refractivity contribution in [2.75, 3.05) is 6.54 Å². The normalized spacial score (nSPS) is 16.8. The first-order valence-corrected chi connectivity index (χ1v) is 7.47. The Kier molecular flexibility index (Phi) is 4.24. The van der Waals surface area contributed by atoms with Crippen LogP contribution in [0, 0.1) is 0 Å². The molecule has 0 fully saturated rings. The van der Waals surface area contributed by atoms with Crippen LogP contribution in [0.15, 0.2) is 48.5 Å². The van der Waals surface area contributed by atoms with Crippen molar-refractivity contribution in [3.8, 4) is 5.75 Å². The van der Waals surface area contributed by atoms with Crippen LogP contribution < -0.4 is 10.1 Å². The van der Waals surface area contributed by atoms with E-state index in [9.17, 15) is 0 Å². The van der Waals surface area contributed by atoms with Crippen LogP contribution in [0.4, 0.5) is 0 Å². The van der Waals surface area contributed by atoms with Gasteiger partial charge in [0, 0.05) is 25.4 Å². The molecule has 1 aliphatic rings. The molecule has 1 heterocycles. The van der Waals surface area contributed by atoms with Gasteiger partial charge in [-0.3, -0.25) is 0 Å². The molecule has 104 valence electrons. The van der Waals surface area contributed by atoms with E-state index in [2.05, 4.69) is 41.7 Å². The maximum atomic E-state index is 5.90. The van der Waals surface area contributed by atoms with E-state index >= 15 is 0 Å². The number of halogens is 1. The fourth-order valence-electron chi connectivity index (χ4n) is 2.49. The quantitative estimate of drug-likeness (QED) is 0.850. The Labute approximate surface area is 124 Å². The number of ether oxygens (including phenoxy) is 1. The van der Waals surface area contributed by atoms with E-state index in [-0.39, 0.29) is 6.10 Å². The standard InChI is InChI=1S/C17H18ClNO/c18-10-13-5-7-14(8-6-13)11-19-12-16-9-15-3-1-2-4-17(15)20-16/h1-8,16,19H,9-12H2. The molecule has 1 N–H and O–H groups in total. The first-order valence-electron chi connectivity index (χ1n) is 6.94. The van der Waals surface area contributed by atoms with Crippen molar-refractivity contribution in [2.24, 2.45) is 0 Å². The zero-order valence-electron chi connectivity index (χ0n) is 11.3. The van der Waals surface area contributed by atoms with Gasteiger partial charge >= 0.3 is 0 Å². The molecule has 0 saturated carbocycles. The van der Waals surface area contributed by atoms with E-state index in [0.29, 0.717) is 5.88 Å². The summed E-state index contributed by atoms with van der Waals surface area (Å²) in [6, 6.07) is 16.7. The van der Waals surface area contributed by atoms with Gasteiger partial charge in [-0.05, 0) is 22.8 Å². The van der Waals surface area contributed by atoms with Gasteiger partial charge in [-0.15, -0.1) is 11.6 Å². The highest BCUT2D eigenvalue weighted by atomic mass is 35.5. The largest absolute Gasteiger partial charge is 0.488 e. The third-order valence-corrected chi connectivity index (χ3v) is 3.90. The predicted octanol–water partition coefficient (Wildman–Crippen LogP) is 3.52. The molecule has 2 aromatic carbocycles. The van der Waals surface area contributed by atoms with E-state index in [1.165, 1.54) is 11.1 Å². The molecule has 1 aliphatic heterocycles. The van der Waals surface area contributed by atoms with Crippen LogP contribution in [0.3, 0.4) is 0 Å². The lowest BCUT2D eigenvalue weighted by molar-refractivity contribution is 0.227. The Morgan fingerprint density at radius 3 is 2.55 bits per heavy atom. The van der Waals surface area contributed by atoms with E-state index in [0.717, 1.165) is 30.8 Å². The number of benzene rings is 2. The number of hydrogen-bond donors (Lipinski definition) is 1. The van der Waals surface area contributed by atoms with E-state index < -0.39 is 0 Å². The lowest BCUT2D eigenvalue weighted by Gasteiger charge is -2.12. The van der Waals surface area contributed by atoms with Gasteiger partial charge in [-0.25, -0.2) is 0 Å². The molecular weight excluding hydrogens is 270 g/mol. The molecule has 0 saturated heterocycles. The van der Waals surface area contributed by atoms with Gasteiger partial charge in [0.25, 0.3) is 0 Å². The van der Waals surface area contributed by atoms with E-state index in [1.807, 2.05) is 12.1 Å². The maximum absolute atomic E-state index is 5.90. The number of para-hydroxylation sites is 1. The maximum Gasteiger partial charge on any atom is 0.123 e. The third-order valence-electron chi connectivity index (χ3n) is 3.59. The summed E-state index contributed by atoms with van der Waals surface area (Å²) in [5.74, 6) is 1.60. The van der Waals surface area contributed by atoms with Crippen molar-refractivity contribution in [1.82, 2.24) is 5.32 Å². The van der Waals surface area contributed by atoms with Gasteiger partial charge in [0.2, 0.25) is 0 Å². The number of nitrogens with one attached hydrogen (secondary N) is 1. The van der Waals surface area contributed by atoms with E-state index in [4.69, 9.17) is 16.3 Å². The fraction of sp³-hybridized carbons (Fsp3) is 0.294. The zero-order valence-corrected chi connectivity index (χ0v) is 12.1. The predicted molar refractivity (Wildman–Crippen MR) is 82.3 cm³/mol. The van der Waals surface area contributed by atoms with Crippen LogP contribution in [0.5, 0.6) is 5.75 Å². The Hall–Kier alpha value is -1.51. The minimum Gasteiger partial charge on any atom is -0.488 e. The second-order valence-corrected chi connectivity index (χ2v) is 5.40. The van der Waals surface area contributed by atoms with E-state index in [1.54, 1.807) is 0 Å². The SMILES string of the molecule is ClCc1ccc(CNCC2Cc3ccccc3O2)cc1. The van der Waals surface area contributed by atoms with Gasteiger partial charge in [-0.1, -0.05) is 42.5 Å². The molecule has 20 heavy (non-hydrogen) atoms. The van der Waals surface area contributed by atoms with Crippen molar-refractivity contribution < 1.29 is 4.74 Å². The molecule has 0 radical (unpaired) electrons. The summed E-state index contributed by atoms with van der Waals surface area (Å²) in [5.41, 5.74) is 3.74. The smallest absolute Gasteiger partial charge is 0.123 e. The molecule has 0 bridgehead atoms. The molecular formula is C17H18ClNO. The van der Waals surface area contributed by atoms with Crippen molar-refractivity contribution in [3.63, 3.8) is 0 Å². The lowest BCUT2D eigenvalue weighted by atomic mass is 10.1. The Morgan fingerprint density at radius 2 is 1.80 bits per heavy atom. The summed E-state index contributed by atoms with van der Waals surface area (Å²) in [4.78, 5) is 0. The van der Waals surface area contributed by atoms with Gasteiger partial charge < -0.3 is 10.1 Å². The molecule has 1 atom stereocenters. The molecule has 0 amide bonds. The summed E-state index contributed by atoms with van der Waals surface area (Å²) >= 11 is 5.78. The van der Waals surface area contributed by atoms with Gasteiger partial charge in [-0.2, -0.15) is 0 Å². The zero-order chi connectivity index (χ0) is 13.8. The second-order valence-electron chi connectivity index (χ2n) is 5.13. The number of alkyl halides is 1. The molecule has 0 spiro atoms. The number of hydrogen-bond acceptors (Lipinski definition) is 2. The summed E-state index contributed by atoms with van der Waals surface area (Å²) < 4.78 is 5.90. The Bertz CT molecular complexity index is 542. The van der Waals surface area contributed by atoms with Crippen molar-refractivity contribution in [2.45, 2.75) is 24.9 Å². The summed E-state index contributed by atoms with van der Waals surface area (Å²) in [5, 5.41) is 3.46. The summed E-state index contributed by atoms with van der Waals surface area (Å²) in [7, 11) is 0. The molecule has 0 aliphatic carbocycles. The molecule has 2 nitrogen and oxygen atoms in total. The molecule has 0 aromatic heterocycles. The van der Waals surface area contributed by atoms with Crippen molar-refractivity contribution in [1.29, 1.82) is 0 Å². The molecule has 2 aromatic rings. The molecule has 3 rings (SSSR count).